The Morgan fingerprint density at radius 1 is 1.71 bits per heavy atom. The standard InChI is InChI=1S/C6H12O/c1-3-5-6(7)4-2/h3-5H2,1-2H3/i4D2,5D2. The molecule has 0 saturated heterocycles. The molecular weight excluding hydrogens is 88.1 g/mol. The third-order valence-corrected chi connectivity index (χ3v) is 0.564. The van der Waals surface area contributed by atoms with Crippen LogP contribution in [0.4, 0.5) is 0 Å². The van der Waals surface area contributed by atoms with Crippen LogP contribution in [0.5, 0.6) is 0 Å². The van der Waals surface area contributed by atoms with Crippen molar-refractivity contribution < 1.29 is 10.3 Å². The minimum Gasteiger partial charge on any atom is -0.300 e. The van der Waals surface area contributed by atoms with Crippen LogP contribution in [0.25, 0.3) is 0 Å². The molecule has 42 valence electrons. The summed E-state index contributed by atoms with van der Waals surface area (Å²) in [5.41, 5.74) is 0. The summed E-state index contributed by atoms with van der Waals surface area (Å²) < 4.78 is 28.2. The smallest absolute Gasteiger partial charge is 0.132 e. The molecule has 0 atom stereocenters. The van der Waals surface area contributed by atoms with E-state index in [9.17, 15) is 4.79 Å². The molecule has 0 N–H and O–H groups in total. The van der Waals surface area contributed by atoms with Gasteiger partial charge >= 0.3 is 0 Å². The molecular formula is C6H12O. The highest BCUT2D eigenvalue weighted by Gasteiger charge is 1.91. The summed E-state index contributed by atoms with van der Waals surface area (Å²) in [6, 6.07) is 0. The van der Waals surface area contributed by atoms with E-state index >= 15 is 0 Å². The summed E-state index contributed by atoms with van der Waals surface area (Å²) in [5, 5.41) is 0. The van der Waals surface area contributed by atoms with Crippen molar-refractivity contribution in [2.24, 2.45) is 0 Å². The van der Waals surface area contributed by atoms with Crippen molar-refractivity contribution in [2.45, 2.75) is 33.0 Å². The minimum atomic E-state index is -2.07. The van der Waals surface area contributed by atoms with Crippen LogP contribution < -0.4 is 0 Å². The molecule has 1 nitrogen and oxygen atoms in total. The summed E-state index contributed by atoms with van der Waals surface area (Å²) in [7, 11) is 0. The third-order valence-electron chi connectivity index (χ3n) is 0.564. The van der Waals surface area contributed by atoms with Crippen LogP contribution in [0.2, 0.25) is 0 Å². The second-order valence-electron chi connectivity index (χ2n) is 1.11. The number of ketones is 1. The third kappa shape index (κ3) is 3.50. The van der Waals surface area contributed by atoms with Crippen molar-refractivity contribution in [1.82, 2.24) is 0 Å². The number of carbonyl (C=O) groups is 1. The van der Waals surface area contributed by atoms with Crippen LogP contribution in [0, 0.1) is 0 Å². The van der Waals surface area contributed by atoms with Gasteiger partial charge in [-0.2, -0.15) is 0 Å². The first kappa shape index (κ1) is 2.29. The van der Waals surface area contributed by atoms with E-state index in [0.717, 1.165) is 6.92 Å². The molecule has 0 bridgehead atoms. The lowest BCUT2D eigenvalue weighted by Crippen LogP contribution is -1.91. The van der Waals surface area contributed by atoms with Gasteiger partial charge in [0.05, 0.1) is 0 Å². The average molecular weight is 104 g/mol. The summed E-state index contributed by atoms with van der Waals surface area (Å²) in [6.07, 6.45) is -4.09. The quantitative estimate of drug-likeness (QED) is 0.533. The van der Waals surface area contributed by atoms with Crippen molar-refractivity contribution in [3.05, 3.63) is 0 Å². The molecule has 0 aliphatic heterocycles. The van der Waals surface area contributed by atoms with Crippen LogP contribution in [-0.4, -0.2) is 5.78 Å². The molecule has 1 heteroatoms. The zero-order valence-electron chi connectivity index (χ0n) is 8.62. The first-order valence-electron chi connectivity index (χ1n) is 4.26. The maximum atomic E-state index is 11.0. The maximum absolute atomic E-state index is 11.0. The monoisotopic (exact) mass is 104 g/mol. The fraction of sp³-hybridized carbons (Fsp3) is 0.833. The van der Waals surface area contributed by atoms with Crippen molar-refractivity contribution >= 4 is 5.78 Å². The Morgan fingerprint density at radius 3 is 2.43 bits per heavy atom. The Kier molecular flexibility index (Phi) is 1.26. The predicted molar refractivity (Wildman–Crippen MR) is 30.2 cm³/mol. The maximum Gasteiger partial charge on any atom is 0.132 e. The van der Waals surface area contributed by atoms with Gasteiger partial charge in [0.25, 0.3) is 0 Å². The summed E-state index contributed by atoms with van der Waals surface area (Å²) in [5.74, 6) is -0.979. The van der Waals surface area contributed by atoms with Crippen LogP contribution in [0.3, 0.4) is 0 Å². The molecule has 0 amide bonds. The number of carbonyl (C=O) groups excluding carboxylic acids is 1. The number of hydrogen-bond donors (Lipinski definition) is 0. The number of hydrogen-bond acceptors (Lipinski definition) is 1. The zero-order valence-corrected chi connectivity index (χ0v) is 4.62. The molecule has 0 fully saturated rings. The van der Waals surface area contributed by atoms with E-state index in [0.29, 0.717) is 0 Å². The molecule has 0 aliphatic rings. The zero-order chi connectivity index (χ0) is 9.28. The van der Waals surface area contributed by atoms with Crippen molar-refractivity contribution in [3.63, 3.8) is 0 Å². The lowest BCUT2D eigenvalue weighted by molar-refractivity contribution is -0.118. The van der Waals surface area contributed by atoms with Crippen molar-refractivity contribution in [2.75, 3.05) is 0 Å². The van der Waals surface area contributed by atoms with E-state index in [4.69, 9.17) is 5.48 Å². The van der Waals surface area contributed by atoms with Crippen molar-refractivity contribution in [3.8, 4) is 0 Å². The molecule has 0 heterocycles. The predicted octanol–water partition coefficient (Wildman–Crippen LogP) is 1.77. The van der Waals surface area contributed by atoms with E-state index in [1.54, 1.807) is 0 Å². The van der Waals surface area contributed by atoms with Gasteiger partial charge in [-0.1, -0.05) is 13.8 Å². The van der Waals surface area contributed by atoms with Gasteiger partial charge in [-0.25, -0.2) is 0 Å². The van der Waals surface area contributed by atoms with Gasteiger partial charge in [-0.15, -0.1) is 0 Å². The fourth-order valence-electron chi connectivity index (χ4n) is 0.249. The first-order valence-corrected chi connectivity index (χ1v) is 2.26. The van der Waals surface area contributed by atoms with Gasteiger partial charge < -0.3 is 0 Å². The van der Waals surface area contributed by atoms with Gasteiger partial charge in [0, 0.05) is 18.2 Å². The topological polar surface area (TPSA) is 17.1 Å². The SMILES string of the molecule is [2H]C([2H])(C)C(=O)C([2H])([2H])CC. The highest BCUT2D eigenvalue weighted by molar-refractivity contribution is 5.77. The van der Waals surface area contributed by atoms with Gasteiger partial charge in [0.2, 0.25) is 0 Å². The normalized spacial score (nSPS) is 21.4. The molecule has 0 unspecified atom stereocenters. The molecule has 0 aromatic rings. The lowest BCUT2D eigenvalue weighted by Gasteiger charge is -1.87. The highest BCUT2D eigenvalue weighted by atomic mass is 16.1. The summed E-state index contributed by atoms with van der Waals surface area (Å²) in [6.45, 7) is 2.59. The van der Waals surface area contributed by atoms with Gasteiger partial charge in [0.1, 0.15) is 5.78 Å². The minimum absolute atomic E-state index is 0.0131. The average Bonchev–Trinajstić information content (AvgIpc) is 1.84. The number of rotatable bonds is 3. The molecule has 0 spiro atoms. The Bertz CT molecular complexity index is 158. The fourth-order valence-corrected chi connectivity index (χ4v) is 0.249. The molecule has 0 rings (SSSR count). The van der Waals surface area contributed by atoms with Crippen LogP contribution in [0.15, 0.2) is 0 Å². The largest absolute Gasteiger partial charge is 0.300 e. The van der Waals surface area contributed by atoms with E-state index in [-0.39, 0.29) is 6.42 Å². The molecule has 0 aromatic carbocycles. The summed E-state index contributed by atoms with van der Waals surface area (Å²) in [4.78, 5) is 11.0. The van der Waals surface area contributed by atoms with E-state index < -0.39 is 18.5 Å². The van der Waals surface area contributed by atoms with E-state index in [1.807, 2.05) is 0 Å². The molecule has 0 saturated carbocycles. The Balaban J connectivity index is 4.50. The van der Waals surface area contributed by atoms with E-state index in [2.05, 4.69) is 0 Å². The Labute approximate surface area is 50.3 Å². The van der Waals surface area contributed by atoms with Gasteiger partial charge in [-0.05, 0) is 6.42 Å². The highest BCUT2D eigenvalue weighted by Crippen LogP contribution is 1.90. The first-order chi connectivity index (χ1) is 4.72. The van der Waals surface area contributed by atoms with Crippen LogP contribution >= 0.6 is 0 Å². The van der Waals surface area contributed by atoms with Gasteiger partial charge in [0.15, 0.2) is 0 Å². The second-order valence-corrected chi connectivity index (χ2v) is 1.11. The van der Waals surface area contributed by atoms with Crippen molar-refractivity contribution in [1.29, 1.82) is 0 Å². The lowest BCUT2D eigenvalue weighted by atomic mass is 10.2. The number of Topliss-reactive ketones (excluding diaryl/α,β-unsaturated/α-hetero) is 1. The van der Waals surface area contributed by atoms with E-state index in [1.165, 1.54) is 6.92 Å². The van der Waals surface area contributed by atoms with Crippen LogP contribution in [0.1, 0.15) is 38.5 Å². The van der Waals surface area contributed by atoms with Crippen LogP contribution in [-0.2, 0) is 4.79 Å². The molecule has 7 heavy (non-hydrogen) atoms. The molecule has 0 aromatic heterocycles. The second kappa shape index (κ2) is 3.85. The Hall–Kier alpha value is -0.330. The summed E-state index contributed by atoms with van der Waals surface area (Å²) >= 11 is 0. The Morgan fingerprint density at radius 2 is 2.29 bits per heavy atom. The molecule has 0 aliphatic carbocycles. The van der Waals surface area contributed by atoms with Gasteiger partial charge in [-0.3, -0.25) is 4.79 Å². The molecule has 0 radical (unpaired) electrons.